The predicted octanol–water partition coefficient (Wildman–Crippen LogP) is 2.59. The number of nitro benzene ring substituents is 1. The normalized spacial score (nSPS) is 15.5. The van der Waals surface area contributed by atoms with Crippen LogP contribution in [0.3, 0.4) is 0 Å². The zero-order valence-corrected chi connectivity index (χ0v) is 16.0. The maximum absolute atomic E-state index is 13.4. The van der Waals surface area contributed by atoms with E-state index in [1.54, 1.807) is 18.2 Å². The zero-order chi connectivity index (χ0) is 21.3. The molecule has 0 unspecified atom stereocenters. The molecule has 0 spiro atoms. The number of non-ortho nitro benzene ring substituents is 1. The fourth-order valence-electron chi connectivity index (χ4n) is 2.89. The molecule has 152 valence electrons. The van der Waals surface area contributed by atoms with Crippen LogP contribution in [0.25, 0.3) is 11.5 Å². The highest BCUT2D eigenvalue weighted by atomic mass is 32.2. The maximum atomic E-state index is 13.4. The lowest BCUT2D eigenvalue weighted by Gasteiger charge is -2.15. The van der Waals surface area contributed by atoms with Gasteiger partial charge in [0.25, 0.3) is 5.69 Å². The number of rotatable bonds is 5. The highest BCUT2D eigenvalue weighted by molar-refractivity contribution is 7.95. The topological polar surface area (TPSA) is 135 Å². The number of sulfone groups is 1. The summed E-state index contributed by atoms with van der Waals surface area (Å²) in [6, 6.07) is 15.6. The molecule has 2 aromatic carbocycles. The van der Waals surface area contributed by atoms with Crippen LogP contribution in [-0.4, -0.2) is 13.3 Å². The Morgan fingerprint density at radius 3 is 2.27 bits per heavy atom. The number of nitro groups is 1. The first-order valence-electron chi connectivity index (χ1n) is 8.57. The molecule has 0 radical (unpaired) electrons. The fraction of sp³-hybridized carbons (Fsp3) is 0. The van der Waals surface area contributed by atoms with Crippen molar-refractivity contribution in [3.05, 3.63) is 105 Å². The molecule has 0 bridgehead atoms. The van der Waals surface area contributed by atoms with Gasteiger partial charge >= 0.3 is 0 Å². The van der Waals surface area contributed by atoms with Gasteiger partial charge in [0.1, 0.15) is 10.7 Å². The van der Waals surface area contributed by atoms with Gasteiger partial charge in [0.2, 0.25) is 9.84 Å². The Hall–Kier alpha value is -4.05. The zero-order valence-electron chi connectivity index (χ0n) is 15.1. The van der Waals surface area contributed by atoms with Gasteiger partial charge in [-0.2, -0.15) is 0 Å². The SMILES string of the molecule is O=[N+]([O-])c1ccc(C2=C(S(=O)(=O)c3ccccc3)C(=C([O-])c3ccco3)NO2)cc1. The molecule has 1 aromatic heterocycles. The minimum absolute atomic E-state index is 0.0449. The first-order valence-corrected chi connectivity index (χ1v) is 10.1. The number of hydroxylamine groups is 1. The average Bonchev–Trinajstić information content (AvgIpc) is 3.44. The van der Waals surface area contributed by atoms with Crippen LogP contribution < -0.4 is 10.6 Å². The van der Waals surface area contributed by atoms with E-state index in [0.29, 0.717) is 0 Å². The van der Waals surface area contributed by atoms with Crippen LogP contribution >= 0.6 is 0 Å². The summed E-state index contributed by atoms with van der Waals surface area (Å²) >= 11 is 0. The highest BCUT2D eigenvalue weighted by Gasteiger charge is 2.36. The number of nitrogens with zero attached hydrogens (tertiary/aromatic N) is 1. The molecule has 10 heteroatoms. The molecule has 0 amide bonds. The molecule has 2 heterocycles. The molecule has 0 aliphatic carbocycles. The van der Waals surface area contributed by atoms with E-state index in [4.69, 9.17) is 9.25 Å². The first-order chi connectivity index (χ1) is 14.4. The first kappa shape index (κ1) is 19.3. The van der Waals surface area contributed by atoms with Gasteiger partial charge in [0.15, 0.2) is 5.76 Å². The second kappa shape index (κ2) is 7.41. The minimum atomic E-state index is -4.19. The van der Waals surface area contributed by atoms with Crippen molar-refractivity contribution in [1.82, 2.24) is 5.48 Å². The van der Waals surface area contributed by atoms with E-state index in [2.05, 4.69) is 5.48 Å². The second-order valence-electron chi connectivity index (χ2n) is 6.16. The van der Waals surface area contributed by atoms with Crippen LogP contribution in [0.2, 0.25) is 0 Å². The predicted molar refractivity (Wildman–Crippen MR) is 103 cm³/mol. The van der Waals surface area contributed by atoms with Gasteiger partial charge in [-0.05, 0) is 42.2 Å². The van der Waals surface area contributed by atoms with Crippen LogP contribution in [-0.2, 0) is 14.7 Å². The molecular formula is C20H13N2O7S-. The smallest absolute Gasteiger partial charge is 0.269 e. The molecule has 0 saturated carbocycles. The monoisotopic (exact) mass is 425 g/mol. The fourth-order valence-corrected chi connectivity index (χ4v) is 4.44. The third-order valence-corrected chi connectivity index (χ3v) is 6.14. The summed E-state index contributed by atoms with van der Waals surface area (Å²) in [6.45, 7) is 0. The Morgan fingerprint density at radius 2 is 1.67 bits per heavy atom. The van der Waals surface area contributed by atoms with Crippen molar-refractivity contribution >= 4 is 27.0 Å². The van der Waals surface area contributed by atoms with Gasteiger partial charge in [0, 0.05) is 17.7 Å². The summed E-state index contributed by atoms with van der Waals surface area (Å²) in [5.41, 5.74) is 2.13. The van der Waals surface area contributed by atoms with Crippen molar-refractivity contribution in [2.75, 3.05) is 0 Å². The Balaban J connectivity index is 1.95. The largest absolute Gasteiger partial charge is 0.868 e. The summed E-state index contributed by atoms with van der Waals surface area (Å²) in [5.74, 6) is -0.943. The van der Waals surface area contributed by atoms with Gasteiger partial charge in [-0.25, -0.2) is 13.9 Å². The Bertz CT molecular complexity index is 1260. The molecule has 9 nitrogen and oxygen atoms in total. The average molecular weight is 425 g/mol. The number of furan rings is 1. The van der Waals surface area contributed by atoms with Crippen molar-refractivity contribution in [2.45, 2.75) is 4.90 Å². The van der Waals surface area contributed by atoms with Crippen molar-refractivity contribution in [3.8, 4) is 0 Å². The summed E-state index contributed by atoms with van der Waals surface area (Å²) in [7, 11) is -4.19. The quantitative estimate of drug-likeness (QED) is 0.374. The number of hydrogen-bond donors (Lipinski definition) is 1. The maximum Gasteiger partial charge on any atom is 0.269 e. The van der Waals surface area contributed by atoms with Crippen LogP contribution in [0.1, 0.15) is 11.3 Å². The van der Waals surface area contributed by atoms with Crippen molar-refractivity contribution in [1.29, 1.82) is 0 Å². The molecule has 0 fully saturated rings. The van der Waals surface area contributed by atoms with E-state index in [-0.39, 0.29) is 38.3 Å². The summed E-state index contributed by atoms with van der Waals surface area (Å²) < 4.78 is 31.9. The molecule has 30 heavy (non-hydrogen) atoms. The standard InChI is InChI=1S/C20H14N2O7S/c23-18(16-7-4-12-28-16)17-20(30(26,27)15-5-2-1-3-6-15)19(29-21-17)13-8-10-14(11-9-13)22(24)25/h1-12,21,23H/p-1. The van der Waals surface area contributed by atoms with Gasteiger partial charge < -0.3 is 14.4 Å². The summed E-state index contributed by atoms with van der Waals surface area (Å²) in [6.07, 6.45) is 1.29. The summed E-state index contributed by atoms with van der Waals surface area (Å²) in [4.78, 5) is 15.3. The van der Waals surface area contributed by atoms with E-state index < -0.39 is 20.5 Å². The van der Waals surface area contributed by atoms with Gasteiger partial charge in [-0.1, -0.05) is 18.2 Å². The van der Waals surface area contributed by atoms with Crippen LogP contribution in [0, 0.1) is 10.1 Å². The lowest BCUT2D eigenvalue weighted by molar-refractivity contribution is -0.384. The van der Waals surface area contributed by atoms with Gasteiger partial charge in [-0.15, -0.1) is 0 Å². The molecule has 1 aliphatic rings. The van der Waals surface area contributed by atoms with Crippen molar-refractivity contribution in [2.24, 2.45) is 0 Å². The number of hydrogen-bond acceptors (Lipinski definition) is 8. The van der Waals surface area contributed by atoms with Crippen molar-refractivity contribution < 1.29 is 27.7 Å². The third kappa shape index (κ3) is 3.29. The van der Waals surface area contributed by atoms with E-state index in [9.17, 15) is 23.6 Å². The molecule has 1 N–H and O–H groups in total. The highest BCUT2D eigenvalue weighted by Crippen LogP contribution is 2.38. The van der Waals surface area contributed by atoms with Crippen molar-refractivity contribution in [3.63, 3.8) is 0 Å². The molecule has 4 rings (SSSR count). The molecule has 0 atom stereocenters. The lowest BCUT2D eigenvalue weighted by Crippen LogP contribution is -2.18. The van der Waals surface area contributed by atoms with E-state index in [1.165, 1.54) is 54.8 Å². The van der Waals surface area contributed by atoms with E-state index in [1.807, 2.05) is 0 Å². The van der Waals surface area contributed by atoms with Crippen LogP contribution in [0.5, 0.6) is 0 Å². The van der Waals surface area contributed by atoms with Crippen LogP contribution in [0.15, 0.2) is 92.9 Å². The Labute approximate surface area is 170 Å². The molecular weight excluding hydrogens is 412 g/mol. The van der Waals surface area contributed by atoms with Gasteiger partial charge in [-0.3, -0.25) is 10.1 Å². The third-order valence-electron chi connectivity index (χ3n) is 4.32. The Kier molecular flexibility index (Phi) is 4.76. The van der Waals surface area contributed by atoms with Crippen LogP contribution in [0.4, 0.5) is 5.69 Å². The second-order valence-corrected chi connectivity index (χ2v) is 8.05. The van der Waals surface area contributed by atoms with Gasteiger partial charge in [0.05, 0.1) is 21.8 Å². The summed E-state index contributed by atoms with van der Waals surface area (Å²) in [5, 5.41) is 23.8. The molecule has 3 aromatic rings. The number of nitrogens with one attached hydrogen (secondary N) is 1. The van der Waals surface area contributed by atoms with E-state index >= 15 is 0 Å². The van der Waals surface area contributed by atoms with E-state index in [0.717, 1.165) is 0 Å². The molecule has 0 saturated heterocycles. The Morgan fingerprint density at radius 1 is 0.967 bits per heavy atom. The lowest BCUT2D eigenvalue weighted by atomic mass is 10.1. The minimum Gasteiger partial charge on any atom is -0.868 e. The number of benzene rings is 2. The molecule has 1 aliphatic heterocycles.